The van der Waals surface area contributed by atoms with Crippen molar-refractivity contribution in [3.63, 3.8) is 0 Å². The predicted molar refractivity (Wildman–Crippen MR) is 77.4 cm³/mol. The number of amides is 1. The molecule has 0 aliphatic carbocycles. The van der Waals surface area contributed by atoms with E-state index < -0.39 is 0 Å². The van der Waals surface area contributed by atoms with Crippen molar-refractivity contribution in [3.8, 4) is 0 Å². The molecular weight excluding hydrogens is 254 g/mol. The summed E-state index contributed by atoms with van der Waals surface area (Å²) in [4.78, 5) is 15.7. The van der Waals surface area contributed by atoms with Crippen molar-refractivity contribution in [3.05, 3.63) is 59.9 Å². The van der Waals surface area contributed by atoms with Gasteiger partial charge in [-0.15, -0.1) is 0 Å². The number of carbonyl (C=O) groups excluding carboxylic acids is 1. The number of aromatic nitrogens is 1. The van der Waals surface area contributed by atoms with Crippen LogP contribution in [-0.2, 0) is 6.54 Å². The Hall–Kier alpha value is -2.40. The maximum Gasteiger partial charge on any atom is 0.251 e. The van der Waals surface area contributed by atoms with Crippen LogP contribution in [0.5, 0.6) is 0 Å². The average Bonchev–Trinajstić information content (AvgIpc) is 2.52. The Kier molecular flexibility index (Phi) is 5.08. The Balaban J connectivity index is 1.97. The highest BCUT2D eigenvalue weighted by Gasteiger charge is 2.05. The second kappa shape index (κ2) is 7.25. The summed E-state index contributed by atoms with van der Waals surface area (Å²) in [7, 11) is 0. The molecule has 0 saturated carbocycles. The number of nitrogens with one attached hydrogen (secondary N) is 2. The van der Waals surface area contributed by atoms with Gasteiger partial charge in [-0.05, 0) is 35.9 Å². The summed E-state index contributed by atoms with van der Waals surface area (Å²) in [5.74, 6) is -0.188. The van der Waals surface area contributed by atoms with E-state index in [1.807, 2.05) is 24.3 Å². The second-order valence-electron chi connectivity index (χ2n) is 4.27. The molecule has 5 nitrogen and oxygen atoms in total. The number of benzene rings is 1. The molecule has 0 radical (unpaired) electrons. The summed E-state index contributed by atoms with van der Waals surface area (Å²) in [5, 5.41) is 14.6. The van der Waals surface area contributed by atoms with Crippen molar-refractivity contribution in [2.45, 2.75) is 6.54 Å². The molecule has 1 heterocycles. The SMILES string of the molecule is O=C(NCCO)c1cccc(NCc2ccncc2)c1. The molecule has 0 atom stereocenters. The third-order valence-corrected chi connectivity index (χ3v) is 2.77. The van der Waals surface area contributed by atoms with Crippen LogP contribution in [0.4, 0.5) is 5.69 Å². The lowest BCUT2D eigenvalue weighted by Crippen LogP contribution is -2.26. The minimum absolute atomic E-state index is 0.0638. The highest BCUT2D eigenvalue weighted by molar-refractivity contribution is 5.95. The van der Waals surface area contributed by atoms with Crippen LogP contribution in [0.1, 0.15) is 15.9 Å². The minimum atomic E-state index is -0.188. The third-order valence-electron chi connectivity index (χ3n) is 2.77. The normalized spacial score (nSPS) is 10.1. The largest absolute Gasteiger partial charge is 0.395 e. The number of anilines is 1. The molecule has 2 aromatic rings. The number of aliphatic hydroxyl groups excluding tert-OH is 1. The molecule has 2 rings (SSSR count). The van der Waals surface area contributed by atoms with Crippen molar-refractivity contribution >= 4 is 11.6 Å². The standard InChI is InChI=1S/C15H17N3O2/c19-9-8-17-15(20)13-2-1-3-14(10-13)18-11-12-4-6-16-7-5-12/h1-7,10,18-19H,8-9,11H2,(H,17,20). The summed E-state index contributed by atoms with van der Waals surface area (Å²) in [5.41, 5.74) is 2.56. The van der Waals surface area contributed by atoms with Crippen LogP contribution in [0, 0.1) is 0 Å². The van der Waals surface area contributed by atoms with Crippen molar-refractivity contribution in [1.82, 2.24) is 10.3 Å². The summed E-state index contributed by atoms with van der Waals surface area (Å²) in [6.07, 6.45) is 3.49. The molecule has 1 amide bonds. The Morgan fingerprint density at radius 1 is 1.20 bits per heavy atom. The van der Waals surface area contributed by atoms with Gasteiger partial charge in [0.1, 0.15) is 0 Å². The molecule has 0 bridgehead atoms. The second-order valence-corrected chi connectivity index (χ2v) is 4.27. The first kappa shape index (κ1) is 14.0. The van der Waals surface area contributed by atoms with Gasteiger partial charge >= 0.3 is 0 Å². The number of carbonyl (C=O) groups is 1. The van der Waals surface area contributed by atoms with Crippen LogP contribution in [-0.4, -0.2) is 29.1 Å². The minimum Gasteiger partial charge on any atom is -0.395 e. The van der Waals surface area contributed by atoms with Crippen molar-refractivity contribution in [2.75, 3.05) is 18.5 Å². The summed E-state index contributed by atoms with van der Waals surface area (Å²) >= 11 is 0. The molecule has 0 aliphatic heterocycles. The number of pyridine rings is 1. The third kappa shape index (κ3) is 4.07. The topological polar surface area (TPSA) is 74.2 Å². The molecular formula is C15H17N3O2. The first-order chi connectivity index (χ1) is 9.79. The first-order valence-electron chi connectivity index (χ1n) is 6.41. The number of aliphatic hydroxyl groups is 1. The fourth-order valence-corrected chi connectivity index (χ4v) is 1.75. The van der Waals surface area contributed by atoms with E-state index in [9.17, 15) is 4.79 Å². The number of rotatable bonds is 6. The molecule has 0 aliphatic rings. The fourth-order valence-electron chi connectivity index (χ4n) is 1.75. The van der Waals surface area contributed by atoms with Gasteiger partial charge in [-0.1, -0.05) is 6.07 Å². The average molecular weight is 271 g/mol. The van der Waals surface area contributed by atoms with Gasteiger partial charge in [-0.25, -0.2) is 0 Å². The zero-order valence-corrected chi connectivity index (χ0v) is 11.0. The van der Waals surface area contributed by atoms with Crippen molar-refractivity contribution < 1.29 is 9.90 Å². The number of hydrogen-bond donors (Lipinski definition) is 3. The van der Waals surface area contributed by atoms with Gasteiger partial charge in [0.25, 0.3) is 5.91 Å². The predicted octanol–water partition coefficient (Wildman–Crippen LogP) is 1.42. The summed E-state index contributed by atoms with van der Waals surface area (Å²) < 4.78 is 0. The number of nitrogens with zero attached hydrogens (tertiary/aromatic N) is 1. The van der Waals surface area contributed by atoms with Gasteiger partial charge < -0.3 is 15.7 Å². The lowest BCUT2D eigenvalue weighted by molar-refractivity contribution is 0.0945. The molecule has 3 N–H and O–H groups in total. The quantitative estimate of drug-likeness (QED) is 0.743. The highest BCUT2D eigenvalue weighted by atomic mass is 16.3. The van der Waals surface area contributed by atoms with E-state index in [1.165, 1.54) is 0 Å². The van der Waals surface area contributed by atoms with Crippen molar-refractivity contribution in [1.29, 1.82) is 0 Å². The monoisotopic (exact) mass is 271 g/mol. The first-order valence-corrected chi connectivity index (χ1v) is 6.41. The maximum absolute atomic E-state index is 11.8. The molecule has 5 heteroatoms. The van der Waals surface area contributed by atoms with Gasteiger partial charge in [0.15, 0.2) is 0 Å². The molecule has 0 spiro atoms. The van der Waals surface area contributed by atoms with Gasteiger partial charge in [-0.3, -0.25) is 9.78 Å². The van der Waals surface area contributed by atoms with E-state index in [-0.39, 0.29) is 19.1 Å². The molecule has 20 heavy (non-hydrogen) atoms. The summed E-state index contributed by atoms with van der Waals surface area (Å²) in [6, 6.07) is 11.1. The van der Waals surface area contributed by atoms with Crippen molar-refractivity contribution in [2.24, 2.45) is 0 Å². The lowest BCUT2D eigenvalue weighted by Gasteiger charge is -2.08. The molecule has 0 unspecified atom stereocenters. The Bertz CT molecular complexity index is 558. The summed E-state index contributed by atoms with van der Waals surface area (Å²) in [6.45, 7) is 0.865. The van der Waals surface area contributed by atoms with Gasteiger partial charge in [0.05, 0.1) is 6.61 Å². The lowest BCUT2D eigenvalue weighted by atomic mass is 10.2. The molecule has 104 valence electrons. The molecule has 0 fully saturated rings. The molecule has 0 saturated heterocycles. The fraction of sp³-hybridized carbons (Fsp3) is 0.200. The Labute approximate surface area is 117 Å². The highest BCUT2D eigenvalue weighted by Crippen LogP contribution is 2.12. The van der Waals surface area contributed by atoms with Crippen LogP contribution in [0.3, 0.4) is 0 Å². The van der Waals surface area contributed by atoms with E-state index >= 15 is 0 Å². The van der Waals surface area contributed by atoms with E-state index in [1.54, 1.807) is 24.5 Å². The maximum atomic E-state index is 11.8. The zero-order valence-electron chi connectivity index (χ0n) is 11.0. The molecule has 1 aromatic heterocycles. The van der Waals surface area contributed by atoms with Gasteiger partial charge in [0, 0.05) is 36.7 Å². The van der Waals surface area contributed by atoms with Crippen LogP contribution >= 0.6 is 0 Å². The van der Waals surface area contributed by atoms with E-state index in [2.05, 4.69) is 15.6 Å². The van der Waals surface area contributed by atoms with Crippen LogP contribution in [0.15, 0.2) is 48.8 Å². The van der Waals surface area contributed by atoms with Crippen LogP contribution < -0.4 is 10.6 Å². The smallest absolute Gasteiger partial charge is 0.251 e. The van der Waals surface area contributed by atoms with Gasteiger partial charge in [0.2, 0.25) is 0 Å². The van der Waals surface area contributed by atoms with Crippen LogP contribution in [0.25, 0.3) is 0 Å². The Morgan fingerprint density at radius 2 is 2.00 bits per heavy atom. The van der Waals surface area contributed by atoms with Crippen LogP contribution in [0.2, 0.25) is 0 Å². The van der Waals surface area contributed by atoms with E-state index in [4.69, 9.17) is 5.11 Å². The zero-order chi connectivity index (χ0) is 14.2. The Morgan fingerprint density at radius 3 is 2.75 bits per heavy atom. The number of hydrogen-bond acceptors (Lipinski definition) is 4. The van der Waals surface area contributed by atoms with E-state index in [0.29, 0.717) is 12.1 Å². The van der Waals surface area contributed by atoms with E-state index in [0.717, 1.165) is 11.3 Å². The molecule has 1 aromatic carbocycles. The van der Waals surface area contributed by atoms with Gasteiger partial charge in [-0.2, -0.15) is 0 Å².